The van der Waals surface area contributed by atoms with Gasteiger partial charge in [0.2, 0.25) is 0 Å². The number of hydrogen-bond donors (Lipinski definition) is 1. The third-order valence-corrected chi connectivity index (χ3v) is 4.36. The topological polar surface area (TPSA) is 41.6 Å². The van der Waals surface area contributed by atoms with Gasteiger partial charge in [0.25, 0.3) is 5.91 Å². The summed E-state index contributed by atoms with van der Waals surface area (Å²) in [6.07, 6.45) is 1.03. The minimum Gasteiger partial charge on any atom is -0.497 e. The minimum absolute atomic E-state index is 0.158. The molecule has 1 amide bonds. The summed E-state index contributed by atoms with van der Waals surface area (Å²) in [4.78, 5) is 14.4. The highest BCUT2D eigenvalue weighted by Gasteiger charge is 2.23. The van der Waals surface area contributed by atoms with Gasteiger partial charge in [0, 0.05) is 37.0 Å². The molecule has 2 aromatic rings. The number of rotatable bonds is 5. The second-order valence-corrected chi connectivity index (χ2v) is 6.02. The van der Waals surface area contributed by atoms with Gasteiger partial charge >= 0.3 is 0 Å². The molecule has 0 aliphatic carbocycles. The Labute approximate surface area is 141 Å². The van der Waals surface area contributed by atoms with Gasteiger partial charge in [-0.25, -0.2) is 4.39 Å². The van der Waals surface area contributed by atoms with Crippen LogP contribution in [0.2, 0.25) is 0 Å². The van der Waals surface area contributed by atoms with E-state index >= 15 is 0 Å². The number of ether oxygens (including phenoxy) is 1. The molecule has 0 spiro atoms. The summed E-state index contributed by atoms with van der Waals surface area (Å²) in [5.41, 5.74) is 1.63. The predicted molar refractivity (Wildman–Crippen MR) is 92.0 cm³/mol. The molecule has 1 aliphatic heterocycles. The van der Waals surface area contributed by atoms with E-state index < -0.39 is 0 Å². The monoisotopic (exact) mass is 328 g/mol. The Morgan fingerprint density at radius 3 is 2.83 bits per heavy atom. The lowest BCUT2D eigenvalue weighted by Crippen LogP contribution is -2.31. The molecule has 0 radical (unpaired) electrons. The van der Waals surface area contributed by atoms with E-state index in [4.69, 9.17) is 4.74 Å². The second-order valence-electron chi connectivity index (χ2n) is 6.02. The number of benzene rings is 2. The summed E-state index contributed by atoms with van der Waals surface area (Å²) in [5, 5.41) is 2.94. The first kappa shape index (κ1) is 16.3. The molecule has 0 bridgehead atoms. The Kier molecular flexibility index (Phi) is 4.99. The lowest BCUT2D eigenvalue weighted by atomic mass is 10.1. The Balaban J connectivity index is 1.52. The summed E-state index contributed by atoms with van der Waals surface area (Å²) in [6.45, 7) is 2.48. The average Bonchev–Trinajstić information content (AvgIpc) is 3.09. The van der Waals surface area contributed by atoms with Crippen LogP contribution in [0.15, 0.2) is 48.5 Å². The SMILES string of the molecule is COc1cccc(N2CCC(CNC(=O)c3ccc(F)cc3)C2)c1. The first-order chi connectivity index (χ1) is 11.7. The fourth-order valence-electron chi connectivity index (χ4n) is 2.98. The van der Waals surface area contributed by atoms with E-state index in [2.05, 4.69) is 16.3 Å². The highest BCUT2D eigenvalue weighted by molar-refractivity contribution is 5.94. The first-order valence-corrected chi connectivity index (χ1v) is 8.08. The fraction of sp³-hybridized carbons (Fsp3) is 0.316. The van der Waals surface area contributed by atoms with Crippen molar-refractivity contribution in [2.24, 2.45) is 5.92 Å². The van der Waals surface area contributed by atoms with Gasteiger partial charge in [-0.15, -0.1) is 0 Å². The van der Waals surface area contributed by atoms with Gasteiger partial charge in [-0.3, -0.25) is 4.79 Å². The first-order valence-electron chi connectivity index (χ1n) is 8.08. The van der Waals surface area contributed by atoms with Crippen molar-refractivity contribution in [3.8, 4) is 5.75 Å². The number of nitrogens with one attached hydrogen (secondary N) is 1. The number of nitrogens with zero attached hydrogens (tertiary/aromatic N) is 1. The molecule has 24 heavy (non-hydrogen) atoms. The van der Waals surface area contributed by atoms with Crippen molar-refractivity contribution in [3.63, 3.8) is 0 Å². The number of anilines is 1. The molecular weight excluding hydrogens is 307 g/mol. The number of methoxy groups -OCH3 is 1. The number of hydrogen-bond acceptors (Lipinski definition) is 3. The molecular formula is C19H21FN2O2. The molecule has 126 valence electrons. The van der Waals surface area contributed by atoms with Gasteiger partial charge in [0.1, 0.15) is 11.6 Å². The van der Waals surface area contributed by atoms with Crippen molar-refractivity contribution >= 4 is 11.6 Å². The van der Waals surface area contributed by atoms with Crippen LogP contribution >= 0.6 is 0 Å². The van der Waals surface area contributed by atoms with Crippen LogP contribution in [0.4, 0.5) is 10.1 Å². The predicted octanol–water partition coefficient (Wildman–Crippen LogP) is 3.09. The maximum Gasteiger partial charge on any atom is 0.251 e. The van der Waals surface area contributed by atoms with Crippen LogP contribution < -0.4 is 15.0 Å². The van der Waals surface area contributed by atoms with E-state index in [1.165, 1.54) is 24.3 Å². The van der Waals surface area contributed by atoms with Crippen LogP contribution in [-0.4, -0.2) is 32.7 Å². The third kappa shape index (κ3) is 3.85. The lowest BCUT2D eigenvalue weighted by Gasteiger charge is -2.19. The highest BCUT2D eigenvalue weighted by atomic mass is 19.1. The van der Waals surface area contributed by atoms with E-state index in [0.717, 1.165) is 30.9 Å². The number of amides is 1. The van der Waals surface area contributed by atoms with E-state index in [9.17, 15) is 9.18 Å². The summed E-state index contributed by atoms with van der Waals surface area (Å²) in [5.74, 6) is 0.757. The van der Waals surface area contributed by atoms with Gasteiger partial charge in [-0.1, -0.05) is 6.07 Å². The van der Waals surface area contributed by atoms with Crippen molar-refractivity contribution in [1.82, 2.24) is 5.32 Å². The second kappa shape index (κ2) is 7.34. The quantitative estimate of drug-likeness (QED) is 0.917. The maximum atomic E-state index is 12.9. The molecule has 1 N–H and O–H groups in total. The smallest absolute Gasteiger partial charge is 0.251 e. The molecule has 1 heterocycles. The summed E-state index contributed by atoms with van der Waals surface area (Å²) in [6, 6.07) is 13.6. The number of halogens is 1. The Bertz CT molecular complexity index is 703. The molecule has 1 fully saturated rings. The van der Waals surface area contributed by atoms with Crippen LogP contribution in [0.1, 0.15) is 16.8 Å². The lowest BCUT2D eigenvalue weighted by molar-refractivity contribution is 0.0948. The zero-order valence-corrected chi connectivity index (χ0v) is 13.7. The van der Waals surface area contributed by atoms with Crippen molar-refractivity contribution in [3.05, 3.63) is 59.9 Å². The minimum atomic E-state index is -0.337. The molecule has 0 aromatic heterocycles. The highest BCUT2D eigenvalue weighted by Crippen LogP contribution is 2.26. The molecule has 0 saturated carbocycles. The molecule has 1 aliphatic rings. The zero-order valence-electron chi connectivity index (χ0n) is 13.7. The Hall–Kier alpha value is -2.56. The molecule has 5 heteroatoms. The van der Waals surface area contributed by atoms with Crippen LogP contribution in [0.3, 0.4) is 0 Å². The van der Waals surface area contributed by atoms with Crippen LogP contribution in [-0.2, 0) is 0 Å². The summed E-state index contributed by atoms with van der Waals surface area (Å²) >= 11 is 0. The van der Waals surface area contributed by atoms with Gasteiger partial charge < -0.3 is 15.0 Å². The van der Waals surface area contributed by atoms with Crippen molar-refractivity contribution in [1.29, 1.82) is 0 Å². The molecule has 1 atom stereocenters. The maximum absolute atomic E-state index is 12.9. The molecule has 1 saturated heterocycles. The van der Waals surface area contributed by atoms with E-state index in [0.29, 0.717) is 18.0 Å². The third-order valence-electron chi connectivity index (χ3n) is 4.36. The van der Waals surface area contributed by atoms with Crippen LogP contribution in [0, 0.1) is 11.7 Å². The largest absolute Gasteiger partial charge is 0.497 e. The van der Waals surface area contributed by atoms with Gasteiger partial charge in [0.05, 0.1) is 7.11 Å². The molecule has 4 nitrogen and oxygen atoms in total. The average molecular weight is 328 g/mol. The van der Waals surface area contributed by atoms with Crippen molar-refractivity contribution < 1.29 is 13.9 Å². The molecule has 2 aromatic carbocycles. The standard InChI is InChI=1S/C19H21FN2O2/c1-24-18-4-2-3-17(11-18)22-10-9-14(13-22)12-21-19(23)15-5-7-16(20)8-6-15/h2-8,11,14H,9-10,12-13H2,1H3,(H,21,23). The Morgan fingerprint density at radius 2 is 2.08 bits per heavy atom. The van der Waals surface area contributed by atoms with Crippen LogP contribution in [0.5, 0.6) is 5.75 Å². The summed E-state index contributed by atoms with van der Waals surface area (Å²) in [7, 11) is 1.66. The molecule has 3 rings (SSSR count). The van der Waals surface area contributed by atoms with E-state index in [-0.39, 0.29) is 11.7 Å². The molecule has 1 unspecified atom stereocenters. The van der Waals surface area contributed by atoms with Gasteiger partial charge in [-0.2, -0.15) is 0 Å². The van der Waals surface area contributed by atoms with Crippen LogP contribution in [0.25, 0.3) is 0 Å². The van der Waals surface area contributed by atoms with E-state index in [1.54, 1.807) is 7.11 Å². The van der Waals surface area contributed by atoms with Gasteiger partial charge in [-0.05, 0) is 48.7 Å². The van der Waals surface area contributed by atoms with Gasteiger partial charge in [0.15, 0.2) is 0 Å². The van der Waals surface area contributed by atoms with Crippen molar-refractivity contribution in [2.75, 3.05) is 31.6 Å². The summed E-state index contributed by atoms with van der Waals surface area (Å²) < 4.78 is 18.2. The fourth-order valence-corrected chi connectivity index (χ4v) is 2.98. The van der Waals surface area contributed by atoms with E-state index in [1.807, 2.05) is 18.2 Å². The van der Waals surface area contributed by atoms with Crippen molar-refractivity contribution in [2.45, 2.75) is 6.42 Å². The Morgan fingerprint density at radius 1 is 1.29 bits per heavy atom. The zero-order chi connectivity index (χ0) is 16.9. The number of carbonyl (C=O) groups is 1. The number of carbonyl (C=O) groups excluding carboxylic acids is 1. The normalized spacial score (nSPS) is 16.9.